The highest BCUT2D eigenvalue weighted by atomic mass is 16.2. The zero-order valence-corrected chi connectivity index (χ0v) is 13.8. The Bertz CT molecular complexity index is 947. The molecule has 1 fully saturated rings. The molecule has 2 aromatic heterocycles. The van der Waals surface area contributed by atoms with Crippen molar-refractivity contribution in [1.29, 1.82) is 0 Å². The van der Waals surface area contributed by atoms with Gasteiger partial charge in [-0.3, -0.25) is 14.1 Å². The van der Waals surface area contributed by atoms with Crippen LogP contribution in [0.4, 0.5) is 5.69 Å². The highest BCUT2D eigenvalue weighted by Crippen LogP contribution is 2.16. The number of benzene rings is 1. The molecule has 1 aliphatic heterocycles. The van der Waals surface area contributed by atoms with Crippen LogP contribution in [0.2, 0.25) is 0 Å². The molecule has 7 nitrogen and oxygen atoms in total. The van der Waals surface area contributed by atoms with Crippen LogP contribution < -0.4 is 10.6 Å². The lowest BCUT2D eigenvalue weighted by atomic mass is 10.2. The normalized spacial score (nSPS) is 15.8. The Balaban J connectivity index is 1.40. The first kappa shape index (κ1) is 15.6. The predicted octanol–water partition coefficient (Wildman–Crippen LogP) is 0.845. The summed E-state index contributed by atoms with van der Waals surface area (Å²) in [7, 11) is 0. The number of carbonyl (C=O) groups excluding carboxylic acids is 1. The van der Waals surface area contributed by atoms with Gasteiger partial charge in [-0.15, -0.1) is 5.10 Å². The van der Waals surface area contributed by atoms with Crippen LogP contribution in [0.25, 0.3) is 5.65 Å². The second-order valence-corrected chi connectivity index (χ2v) is 6.09. The van der Waals surface area contributed by atoms with Crippen LogP contribution in [0.15, 0.2) is 59.5 Å². The van der Waals surface area contributed by atoms with Gasteiger partial charge in [-0.05, 0) is 24.3 Å². The van der Waals surface area contributed by atoms with Gasteiger partial charge in [0.25, 0.3) is 0 Å². The average Bonchev–Trinajstić information content (AvgIpc) is 2.97. The van der Waals surface area contributed by atoms with E-state index in [1.54, 1.807) is 12.3 Å². The molecule has 0 spiro atoms. The highest BCUT2D eigenvalue weighted by Gasteiger charge is 2.24. The maximum Gasteiger partial charge on any atom is 0.350 e. The highest BCUT2D eigenvalue weighted by molar-refractivity contribution is 5.95. The molecule has 25 heavy (non-hydrogen) atoms. The summed E-state index contributed by atoms with van der Waals surface area (Å²) in [4.78, 5) is 28.6. The molecule has 3 heterocycles. The molecule has 0 saturated carbocycles. The summed E-state index contributed by atoms with van der Waals surface area (Å²) >= 11 is 0. The predicted molar refractivity (Wildman–Crippen MR) is 94.7 cm³/mol. The number of fused-ring (bicyclic) bond motifs is 1. The minimum absolute atomic E-state index is 0.0831. The van der Waals surface area contributed by atoms with Crippen molar-refractivity contribution in [2.45, 2.75) is 6.54 Å². The number of hydrogen-bond acceptors (Lipinski definition) is 4. The number of carbonyl (C=O) groups is 1. The van der Waals surface area contributed by atoms with Gasteiger partial charge in [0.1, 0.15) is 0 Å². The van der Waals surface area contributed by atoms with Gasteiger partial charge in [0.15, 0.2) is 5.65 Å². The monoisotopic (exact) mass is 337 g/mol. The lowest BCUT2D eigenvalue weighted by molar-refractivity contribution is -0.121. The van der Waals surface area contributed by atoms with Gasteiger partial charge >= 0.3 is 5.69 Å². The first-order valence-electron chi connectivity index (χ1n) is 8.34. The van der Waals surface area contributed by atoms with Crippen molar-refractivity contribution in [3.8, 4) is 0 Å². The van der Waals surface area contributed by atoms with E-state index >= 15 is 0 Å². The second-order valence-electron chi connectivity index (χ2n) is 6.09. The van der Waals surface area contributed by atoms with Gasteiger partial charge in [0.05, 0.1) is 13.1 Å². The van der Waals surface area contributed by atoms with Gasteiger partial charge in [0.2, 0.25) is 5.91 Å². The number of piperazine rings is 1. The maximum absolute atomic E-state index is 12.4. The summed E-state index contributed by atoms with van der Waals surface area (Å²) in [5, 5.41) is 4.32. The van der Waals surface area contributed by atoms with E-state index in [4.69, 9.17) is 0 Å². The maximum atomic E-state index is 12.4. The smallest absolute Gasteiger partial charge is 0.310 e. The number of rotatable bonds is 4. The number of nitrogens with zero attached hydrogens (tertiary/aromatic N) is 5. The molecule has 3 aromatic rings. The van der Waals surface area contributed by atoms with Crippen LogP contribution in [0, 0.1) is 0 Å². The summed E-state index contributed by atoms with van der Waals surface area (Å²) in [6.07, 6.45) is 1.71. The lowest BCUT2D eigenvalue weighted by Gasteiger charge is -2.34. The van der Waals surface area contributed by atoms with E-state index in [1.165, 1.54) is 9.08 Å². The fourth-order valence-electron chi connectivity index (χ4n) is 3.14. The van der Waals surface area contributed by atoms with Crippen LogP contribution >= 0.6 is 0 Å². The fourth-order valence-corrected chi connectivity index (χ4v) is 3.14. The number of pyridine rings is 1. The molecule has 1 aromatic carbocycles. The number of hydrogen-bond donors (Lipinski definition) is 0. The van der Waals surface area contributed by atoms with Crippen molar-refractivity contribution in [2.75, 3.05) is 31.1 Å². The Kier molecular flexibility index (Phi) is 4.07. The molecular weight excluding hydrogens is 318 g/mol. The quantitative estimate of drug-likeness (QED) is 0.708. The van der Waals surface area contributed by atoms with Crippen molar-refractivity contribution >= 4 is 17.2 Å². The van der Waals surface area contributed by atoms with E-state index in [0.717, 1.165) is 12.2 Å². The zero-order valence-electron chi connectivity index (χ0n) is 13.8. The van der Waals surface area contributed by atoms with E-state index in [2.05, 4.69) is 10.00 Å². The lowest BCUT2D eigenvalue weighted by Crippen LogP contribution is -2.51. The fraction of sp³-hybridized carbons (Fsp3) is 0.278. The summed E-state index contributed by atoms with van der Waals surface area (Å²) < 4.78 is 2.99. The third-order valence-corrected chi connectivity index (χ3v) is 4.48. The third-order valence-electron chi connectivity index (χ3n) is 4.48. The second kappa shape index (κ2) is 6.52. The van der Waals surface area contributed by atoms with E-state index in [1.807, 2.05) is 47.4 Å². The van der Waals surface area contributed by atoms with Crippen molar-refractivity contribution < 1.29 is 4.79 Å². The number of aromatic nitrogens is 3. The number of amides is 1. The molecule has 4 rings (SSSR count). The molecule has 7 heteroatoms. The molecule has 1 amide bonds. The SMILES string of the molecule is O=C1CN(CCn2nc3ccccn3c2=O)CCN1c1ccccc1. The Hall–Kier alpha value is -2.93. The first-order chi connectivity index (χ1) is 12.2. The molecule has 0 atom stereocenters. The number of para-hydroxylation sites is 1. The van der Waals surface area contributed by atoms with E-state index < -0.39 is 0 Å². The first-order valence-corrected chi connectivity index (χ1v) is 8.34. The van der Waals surface area contributed by atoms with E-state index in [9.17, 15) is 9.59 Å². The third kappa shape index (κ3) is 3.06. The van der Waals surface area contributed by atoms with Crippen molar-refractivity contribution in [3.05, 3.63) is 65.2 Å². The average molecular weight is 337 g/mol. The van der Waals surface area contributed by atoms with Gasteiger partial charge in [-0.1, -0.05) is 24.3 Å². The molecule has 128 valence electrons. The molecule has 0 radical (unpaired) electrons. The Morgan fingerprint density at radius 2 is 1.72 bits per heavy atom. The molecule has 0 unspecified atom stereocenters. The summed E-state index contributed by atoms with van der Waals surface area (Å²) in [6, 6.07) is 15.2. The van der Waals surface area contributed by atoms with Crippen LogP contribution in [-0.2, 0) is 11.3 Å². The van der Waals surface area contributed by atoms with E-state index in [-0.39, 0.29) is 11.6 Å². The molecular formula is C18H19N5O2. The molecule has 0 bridgehead atoms. The molecule has 0 N–H and O–H groups in total. The minimum atomic E-state index is -0.148. The summed E-state index contributed by atoms with van der Waals surface area (Å²) in [6.45, 7) is 2.89. The number of anilines is 1. The Morgan fingerprint density at radius 3 is 2.48 bits per heavy atom. The van der Waals surface area contributed by atoms with Crippen LogP contribution in [-0.4, -0.2) is 51.2 Å². The van der Waals surface area contributed by atoms with Crippen molar-refractivity contribution in [2.24, 2.45) is 0 Å². The van der Waals surface area contributed by atoms with Crippen molar-refractivity contribution in [3.63, 3.8) is 0 Å². The Labute approximate surface area is 144 Å². The van der Waals surface area contributed by atoms with Crippen LogP contribution in [0.1, 0.15) is 0 Å². The topological polar surface area (TPSA) is 62.9 Å². The largest absolute Gasteiger partial charge is 0.350 e. The van der Waals surface area contributed by atoms with Crippen LogP contribution in [0.5, 0.6) is 0 Å². The van der Waals surface area contributed by atoms with Gasteiger partial charge < -0.3 is 4.90 Å². The molecule has 1 saturated heterocycles. The van der Waals surface area contributed by atoms with Gasteiger partial charge in [-0.2, -0.15) is 0 Å². The van der Waals surface area contributed by atoms with Crippen molar-refractivity contribution in [1.82, 2.24) is 19.1 Å². The van der Waals surface area contributed by atoms with Crippen LogP contribution in [0.3, 0.4) is 0 Å². The molecule has 0 aliphatic carbocycles. The van der Waals surface area contributed by atoms with Gasteiger partial charge in [0, 0.05) is 31.5 Å². The van der Waals surface area contributed by atoms with E-state index in [0.29, 0.717) is 31.8 Å². The Morgan fingerprint density at radius 1 is 0.920 bits per heavy atom. The standard InChI is InChI=1S/C18H19N5O2/c24-17-14-20(10-12-21(17)15-6-2-1-3-7-15)11-13-23-18(25)22-9-5-4-8-16(22)19-23/h1-9H,10-14H2. The molecule has 1 aliphatic rings. The van der Waals surface area contributed by atoms with Gasteiger partial charge in [-0.25, -0.2) is 9.48 Å². The zero-order chi connectivity index (χ0) is 17.2. The summed E-state index contributed by atoms with van der Waals surface area (Å²) in [5.41, 5.74) is 1.42. The minimum Gasteiger partial charge on any atom is -0.310 e. The summed E-state index contributed by atoms with van der Waals surface area (Å²) in [5.74, 6) is 0.0831.